The van der Waals surface area contributed by atoms with Crippen LogP contribution in [0.4, 0.5) is 0 Å². The Balaban J connectivity index is 1.50. The fourth-order valence-electron chi connectivity index (χ4n) is 3.81. The third kappa shape index (κ3) is 5.46. The summed E-state index contributed by atoms with van der Waals surface area (Å²) in [5.74, 6) is -0.0730. The second-order valence-corrected chi connectivity index (χ2v) is 8.73. The number of hydrogen-bond donors (Lipinski definition) is 2. The third-order valence-electron chi connectivity index (χ3n) is 5.60. The lowest BCUT2D eigenvalue weighted by atomic mass is 9.86. The van der Waals surface area contributed by atoms with E-state index in [0.717, 1.165) is 28.8 Å². The van der Waals surface area contributed by atoms with Gasteiger partial charge in [0.25, 0.3) is 0 Å². The second-order valence-electron chi connectivity index (χ2n) is 7.86. The quantitative estimate of drug-likeness (QED) is 0.489. The Morgan fingerprint density at radius 2 is 1.56 bits per heavy atom. The number of carbonyl (C=O) groups is 1. The molecule has 0 fully saturated rings. The Morgan fingerprint density at radius 3 is 2.22 bits per heavy atom. The van der Waals surface area contributed by atoms with Crippen molar-refractivity contribution >= 4 is 34.8 Å². The van der Waals surface area contributed by atoms with E-state index in [1.165, 1.54) is 0 Å². The van der Waals surface area contributed by atoms with Gasteiger partial charge in [0.1, 0.15) is 5.71 Å². The maximum Gasteiger partial charge on any atom is 0.308 e. The van der Waals surface area contributed by atoms with E-state index >= 15 is 0 Å². The fourth-order valence-corrected chi connectivity index (χ4v) is 4.06. The molecule has 4 nitrogen and oxygen atoms in total. The molecule has 0 bridgehead atoms. The first-order valence-electron chi connectivity index (χ1n) is 10.5. The first-order valence-corrected chi connectivity index (χ1v) is 11.2. The summed E-state index contributed by atoms with van der Waals surface area (Å²) in [5.41, 5.74) is 6.22. The lowest BCUT2D eigenvalue weighted by molar-refractivity contribution is -0.602. The SMILES string of the molecule is C[C@@H](NC(=O)C1=CC(c2ccccc2)=N[NH2+]1)[C@H](Cc1ccc(Cl)cc1)c1ccc(Cl)cc1. The zero-order valence-corrected chi connectivity index (χ0v) is 19.1. The zero-order valence-electron chi connectivity index (χ0n) is 17.6. The van der Waals surface area contributed by atoms with Crippen molar-refractivity contribution in [3.63, 3.8) is 0 Å². The van der Waals surface area contributed by atoms with Gasteiger partial charge < -0.3 is 5.32 Å². The minimum absolute atomic E-state index is 0.0638. The van der Waals surface area contributed by atoms with Gasteiger partial charge in [-0.05, 0) is 48.7 Å². The van der Waals surface area contributed by atoms with Crippen LogP contribution in [0.25, 0.3) is 0 Å². The number of nitrogens with two attached hydrogens (primary N) is 1. The largest absolute Gasteiger partial charge is 0.344 e. The lowest BCUT2D eigenvalue weighted by Gasteiger charge is -2.25. The fraction of sp³-hybridized carbons (Fsp3) is 0.154. The number of nitrogens with one attached hydrogen (secondary N) is 1. The number of quaternary nitrogens is 1. The van der Waals surface area contributed by atoms with Gasteiger partial charge in [0.2, 0.25) is 5.70 Å². The van der Waals surface area contributed by atoms with Crippen LogP contribution >= 0.6 is 23.2 Å². The third-order valence-corrected chi connectivity index (χ3v) is 6.10. The lowest BCUT2D eigenvalue weighted by Crippen LogP contribution is -2.77. The number of rotatable bonds is 7. The van der Waals surface area contributed by atoms with E-state index in [2.05, 4.69) is 10.4 Å². The number of halogens is 2. The number of hydrogen-bond acceptors (Lipinski definition) is 2. The standard InChI is InChI=1S/C26H23Cl2N3O/c1-17(29-26(32)25-16-24(30-31-25)20-5-3-2-4-6-20)23(19-9-13-22(28)14-10-19)15-18-7-11-21(27)12-8-18/h2-14,16-17,23H,15H2,1H3,(H,29,32)(H,30,31)/p+1/t17-,23+/m1/s1. The predicted molar refractivity (Wildman–Crippen MR) is 130 cm³/mol. The molecule has 0 aliphatic carbocycles. The Labute approximate surface area is 198 Å². The molecular formula is C26H24Cl2N3O+. The Bertz CT molecular complexity index is 1140. The molecule has 0 aromatic heterocycles. The molecule has 0 spiro atoms. The maximum absolute atomic E-state index is 13.0. The van der Waals surface area contributed by atoms with Crippen molar-refractivity contribution < 1.29 is 10.2 Å². The summed E-state index contributed by atoms with van der Waals surface area (Å²) >= 11 is 12.1. The molecule has 32 heavy (non-hydrogen) atoms. The average Bonchev–Trinajstić information content (AvgIpc) is 3.30. The van der Waals surface area contributed by atoms with E-state index in [9.17, 15) is 4.79 Å². The first-order chi connectivity index (χ1) is 15.5. The predicted octanol–water partition coefficient (Wildman–Crippen LogP) is 4.69. The van der Waals surface area contributed by atoms with E-state index in [-0.39, 0.29) is 17.9 Å². The van der Waals surface area contributed by atoms with Gasteiger partial charge in [-0.15, -0.1) is 0 Å². The summed E-state index contributed by atoms with van der Waals surface area (Å²) in [6.45, 7) is 2.03. The van der Waals surface area contributed by atoms with Crippen LogP contribution in [0.1, 0.15) is 29.5 Å². The summed E-state index contributed by atoms with van der Waals surface area (Å²) in [6.07, 6.45) is 2.59. The monoisotopic (exact) mass is 464 g/mol. The van der Waals surface area contributed by atoms with E-state index in [1.54, 1.807) is 5.43 Å². The Kier molecular flexibility index (Phi) is 7.05. The molecule has 6 heteroatoms. The number of nitrogens with zero attached hydrogens (tertiary/aromatic N) is 1. The molecule has 3 N–H and O–H groups in total. The van der Waals surface area contributed by atoms with Gasteiger partial charge in [-0.2, -0.15) is 5.43 Å². The maximum atomic E-state index is 13.0. The molecular weight excluding hydrogens is 441 g/mol. The van der Waals surface area contributed by atoms with Crippen molar-refractivity contribution in [2.45, 2.75) is 25.3 Å². The first kappa shape index (κ1) is 22.3. The summed E-state index contributed by atoms with van der Waals surface area (Å²) in [7, 11) is 0. The molecule has 1 amide bonds. The van der Waals surface area contributed by atoms with Gasteiger partial charge in [0.05, 0.1) is 0 Å². The molecule has 4 rings (SSSR count). The molecule has 1 heterocycles. The van der Waals surface area contributed by atoms with Crippen LogP contribution in [-0.4, -0.2) is 17.7 Å². The topological polar surface area (TPSA) is 58.1 Å². The molecule has 3 aromatic carbocycles. The summed E-state index contributed by atoms with van der Waals surface area (Å²) in [6, 6.07) is 25.3. The minimum Gasteiger partial charge on any atom is -0.344 e. The summed E-state index contributed by atoms with van der Waals surface area (Å²) in [5, 5.41) is 8.98. The average molecular weight is 465 g/mol. The molecule has 0 saturated carbocycles. The van der Waals surface area contributed by atoms with E-state index in [0.29, 0.717) is 15.7 Å². The van der Waals surface area contributed by atoms with Crippen LogP contribution in [0.2, 0.25) is 10.0 Å². The Morgan fingerprint density at radius 1 is 0.938 bits per heavy atom. The van der Waals surface area contributed by atoms with Gasteiger partial charge in [-0.1, -0.05) is 82.9 Å². The van der Waals surface area contributed by atoms with Gasteiger partial charge in [-0.25, -0.2) is 0 Å². The number of benzene rings is 3. The smallest absolute Gasteiger partial charge is 0.308 e. The molecule has 3 aromatic rings. The van der Waals surface area contributed by atoms with Crippen molar-refractivity contribution in [3.8, 4) is 0 Å². The second kappa shape index (κ2) is 10.1. The van der Waals surface area contributed by atoms with E-state index in [4.69, 9.17) is 23.2 Å². The Hall–Kier alpha value is -2.92. The van der Waals surface area contributed by atoms with Crippen LogP contribution in [0.15, 0.2) is 95.7 Å². The van der Waals surface area contributed by atoms with Crippen molar-refractivity contribution in [3.05, 3.63) is 117 Å². The number of amides is 1. The van der Waals surface area contributed by atoms with Crippen molar-refractivity contribution in [1.29, 1.82) is 0 Å². The van der Waals surface area contributed by atoms with Gasteiger partial charge in [0.15, 0.2) is 0 Å². The van der Waals surface area contributed by atoms with Crippen molar-refractivity contribution in [1.82, 2.24) is 5.32 Å². The van der Waals surface area contributed by atoms with Gasteiger partial charge >= 0.3 is 5.91 Å². The normalized spacial score (nSPS) is 15.0. The van der Waals surface area contributed by atoms with Crippen LogP contribution in [-0.2, 0) is 11.2 Å². The molecule has 162 valence electrons. The van der Waals surface area contributed by atoms with Crippen LogP contribution < -0.4 is 10.7 Å². The van der Waals surface area contributed by atoms with Crippen LogP contribution in [0.5, 0.6) is 0 Å². The molecule has 0 radical (unpaired) electrons. The zero-order chi connectivity index (χ0) is 22.5. The highest BCUT2D eigenvalue weighted by Gasteiger charge is 2.27. The van der Waals surface area contributed by atoms with Crippen LogP contribution in [0.3, 0.4) is 0 Å². The molecule has 0 unspecified atom stereocenters. The summed E-state index contributed by atoms with van der Waals surface area (Å²) < 4.78 is 0. The van der Waals surface area contributed by atoms with Crippen molar-refractivity contribution in [2.24, 2.45) is 5.10 Å². The van der Waals surface area contributed by atoms with E-state index < -0.39 is 0 Å². The van der Waals surface area contributed by atoms with Gasteiger partial charge in [-0.3, -0.25) is 4.79 Å². The highest BCUT2D eigenvalue weighted by molar-refractivity contribution is 6.30. The molecule has 0 saturated heterocycles. The number of carbonyl (C=O) groups excluding carboxylic acids is 1. The number of allylic oxidation sites excluding steroid dienone is 1. The molecule has 1 aliphatic rings. The highest BCUT2D eigenvalue weighted by atomic mass is 35.5. The van der Waals surface area contributed by atoms with Crippen molar-refractivity contribution in [2.75, 3.05) is 0 Å². The van der Waals surface area contributed by atoms with E-state index in [1.807, 2.05) is 91.9 Å². The molecule has 1 aliphatic heterocycles. The highest BCUT2D eigenvalue weighted by Crippen LogP contribution is 2.27. The van der Waals surface area contributed by atoms with Crippen LogP contribution in [0, 0.1) is 0 Å². The summed E-state index contributed by atoms with van der Waals surface area (Å²) in [4.78, 5) is 13.0. The van der Waals surface area contributed by atoms with Gasteiger partial charge in [0, 0.05) is 33.6 Å². The molecule has 2 atom stereocenters. The minimum atomic E-state index is -0.137.